The average molecular weight is 311 g/mol. The van der Waals surface area contributed by atoms with Crippen LogP contribution in [0.4, 0.5) is 4.39 Å². The van der Waals surface area contributed by atoms with Crippen molar-refractivity contribution in [3.63, 3.8) is 0 Å². The SMILES string of the molecule is N#Cc1cc(-c2ccncn2)c(-c2cccc(F)c2)nc1Cl. The lowest BCUT2D eigenvalue weighted by molar-refractivity contribution is 0.628. The van der Waals surface area contributed by atoms with Gasteiger partial charge in [0.15, 0.2) is 0 Å². The Bertz CT molecular complexity index is 875. The Morgan fingerprint density at radius 3 is 2.73 bits per heavy atom. The molecule has 106 valence electrons. The molecule has 0 aliphatic carbocycles. The number of hydrogen-bond acceptors (Lipinski definition) is 4. The molecule has 0 N–H and O–H groups in total. The van der Waals surface area contributed by atoms with Gasteiger partial charge in [0, 0.05) is 17.3 Å². The molecule has 0 atom stereocenters. The van der Waals surface area contributed by atoms with E-state index in [0.717, 1.165) is 0 Å². The molecule has 0 bridgehead atoms. The minimum Gasteiger partial charge on any atom is -0.245 e. The Labute approximate surface area is 130 Å². The molecular formula is C16H8ClFN4. The average Bonchev–Trinajstić information content (AvgIpc) is 2.55. The second kappa shape index (κ2) is 5.88. The highest BCUT2D eigenvalue weighted by molar-refractivity contribution is 6.30. The van der Waals surface area contributed by atoms with Crippen LogP contribution in [0, 0.1) is 17.1 Å². The minimum atomic E-state index is -0.381. The fourth-order valence-corrected chi connectivity index (χ4v) is 2.25. The van der Waals surface area contributed by atoms with E-state index in [0.29, 0.717) is 22.5 Å². The minimum absolute atomic E-state index is 0.0690. The number of hydrogen-bond donors (Lipinski definition) is 0. The number of nitrogens with zero attached hydrogens (tertiary/aromatic N) is 4. The molecule has 0 aliphatic heterocycles. The third-order valence-electron chi connectivity index (χ3n) is 3.05. The van der Waals surface area contributed by atoms with Gasteiger partial charge in [-0.25, -0.2) is 19.3 Å². The monoisotopic (exact) mass is 310 g/mol. The molecule has 0 saturated carbocycles. The van der Waals surface area contributed by atoms with Crippen LogP contribution >= 0.6 is 11.6 Å². The number of nitriles is 1. The summed E-state index contributed by atoms with van der Waals surface area (Å²) in [6.45, 7) is 0. The summed E-state index contributed by atoms with van der Waals surface area (Å²) in [7, 11) is 0. The summed E-state index contributed by atoms with van der Waals surface area (Å²) in [5.74, 6) is -0.381. The molecule has 22 heavy (non-hydrogen) atoms. The van der Waals surface area contributed by atoms with Crippen molar-refractivity contribution in [3.05, 3.63) is 65.5 Å². The largest absolute Gasteiger partial charge is 0.245 e. The lowest BCUT2D eigenvalue weighted by Crippen LogP contribution is -1.95. The van der Waals surface area contributed by atoms with Crippen molar-refractivity contribution >= 4 is 11.6 Å². The molecule has 3 aromatic rings. The molecule has 2 aromatic heterocycles. The summed E-state index contributed by atoms with van der Waals surface area (Å²) in [4.78, 5) is 12.3. The van der Waals surface area contributed by atoms with Gasteiger partial charge in [0.2, 0.25) is 0 Å². The molecule has 0 unspecified atom stereocenters. The van der Waals surface area contributed by atoms with E-state index in [-0.39, 0.29) is 16.5 Å². The second-order valence-electron chi connectivity index (χ2n) is 4.44. The van der Waals surface area contributed by atoms with Crippen LogP contribution in [0.15, 0.2) is 48.9 Å². The van der Waals surface area contributed by atoms with Crippen molar-refractivity contribution in [2.45, 2.75) is 0 Å². The summed E-state index contributed by atoms with van der Waals surface area (Å²) in [5, 5.41) is 9.20. The van der Waals surface area contributed by atoms with Crippen LogP contribution in [-0.2, 0) is 0 Å². The summed E-state index contributed by atoms with van der Waals surface area (Å²) >= 11 is 6.02. The van der Waals surface area contributed by atoms with Gasteiger partial charge in [-0.3, -0.25) is 0 Å². The molecule has 2 heterocycles. The number of halogens is 2. The molecule has 1 aromatic carbocycles. The number of rotatable bonds is 2. The summed E-state index contributed by atoms with van der Waals surface area (Å²) in [5.41, 5.74) is 2.42. The lowest BCUT2D eigenvalue weighted by atomic mass is 10.0. The summed E-state index contributed by atoms with van der Waals surface area (Å²) in [6.07, 6.45) is 2.98. The molecule has 0 fully saturated rings. The molecule has 0 spiro atoms. The highest BCUT2D eigenvalue weighted by atomic mass is 35.5. The van der Waals surface area contributed by atoms with Gasteiger partial charge in [-0.1, -0.05) is 23.7 Å². The molecule has 4 nitrogen and oxygen atoms in total. The van der Waals surface area contributed by atoms with E-state index in [1.165, 1.54) is 18.5 Å². The smallest absolute Gasteiger partial charge is 0.147 e. The maximum Gasteiger partial charge on any atom is 0.147 e. The van der Waals surface area contributed by atoms with Gasteiger partial charge in [-0.15, -0.1) is 0 Å². The first kappa shape index (κ1) is 14.1. The maximum absolute atomic E-state index is 13.5. The van der Waals surface area contributed by atoms with Crippen LogP contribution in [0.2, 0.25) is 5.15 Å². The topological polar surface area (TPSA) is 62.5 Å². The van der Waals surface area contributed by atoms with Crippen LogP contribution in [0.1, 0.15) is 5.56 Å². The zero-order valence-electron chi connectivity index (χ0n) is 11.2. The van der Waals surface area contributed by atoms with Gasteiger partial charge in [0.05, 0.1) is 17.0 Å². The molecule has 0 amide bonds. The molecule has 0 aliphatic rings. The Kier molecular flexibility index (Phi) is 3.77. The predicted octanol–water partition coefficient (Wildman–Crippen LogP) is 3.87. The Balaban J connectivity index is 2.29. The first-order valence-electron chi connectivity index (χ1n) is 6.32. The van der Waals surface area contributed by atoms with E-state index in [9.17, 15) is 4.39 Å². The Morgan fingerprint density at radius 2 is 2.05 bits per heavy atom. The van der Waals surface area contributed by atoms with Gasteiger partial charge in [0.25, 0.3) is 0 Å². The zero-order chi connectivity index (χ0) is 15.5. The fourth-order valence-electron chi connectivity index (χ4n) is 2.07. The van der Waals surface area contributed by atoms with E-state index in [2.05, 4.69) is 15.0 Å². The van der Waals surface area contributed by atoms with Gasteiger partial charge in [-0.05, 0) is 24.3 Å². The summed E-state index contributed by atoms with van der Waals surface area (Å²) < 4.78 is 13.5. The second-order valence-corrected chi connectivity index (χ2v) is 4.80. The maximum atomic E-state index is 13.5. The lowest BCUT2D eigenvalue weighted by Gasteiger charge is -2.10. The highest BCUT2D eigenvalue weighted by Crippen LogP contribution is 2.32. The quantitative estimate of drug-likeness (QED) is 0.674. The van der Waals surface area contributed by atoms with Gasteiger partial charge >= 0.3 is 0 Å². The van der Waals surface area contributed by atoms with E-state index in [4.69, 9.17) is 16.9 Å². The van der Waals surface area contributed by atoms with Crippen molar-refractivity contribution in [1.82, 2.24) is 15.0 Å². The fraction of sp³-hybridized carbons (Fsp3) is 0. The Hall–Kier alpha value is -2.84. The van der Waals surface area contributed by atoms with Crippen molar-refractivity contribution in [2.24, 2.45) is 0 Å². The Morgan fingerprint density at radius 1 is 1.18 bits per heavy atom. The first-order chi connectivity index (χ1) is 10.7. The van der Waals surface area contributed by atoms with Gasteiger partial charge < -0.3 is 0 Å². The van der Waals surface area contributed by atoms with Crippen LogP contribution in [0.5, 0.6) is 0 Å². The van der Waals surface area contributed by atoms with Crippen LogP contribution in [0.25, 0.3) is 22.5 Å². The van der Waals surface area contributed by atoms with E-state index < -0.39 is 0 Å². The third kappa shape index (κ3) is 2.65. The van der Waals surface area contributed by atoms with E-state index >= 15 is 0 Å². The van der Waals surface area contributed by atoms with E-state index in [1.807, 2.05) is 6.07 Å². The standard InChI is InChI=1S/C16H8ClFN4/c17-16-11(8-19)7-13(14-4-5-20-9-21-14)15(22-16)10-2-1-3-12(18)6-10/h1-7,9H. The van der Waals surface area contributed by atoms with Crippen LogP contribution in [-0.4, -0.2) is 15.0 Å². The molecular weight excluding hydrogens is 303 g/mol. The van der Waals surface area contributed by atoms with Crippen molar-refractivity contribution in [1.29, 1.82) is 5.26 Å². The van der Waals surface area contributed by atoms with Crippen LogP contribution in [0.3, 0.4) is 0 Å². The third-order valence-corrected chi connectivity index (χ3v) is 3.34. The van der Waals surface area contributed by atoms with E-state index in [1.54, 1.807) is 30.5 Å². The van der Waals surface area contributed by atoms with Crippen molar-refractivity contribution in [2.75, 3.05) is 0 Å². The molecule has 3 rings (SSSR count). The number of pyridine rings is 1. The molecule has 0 radical (unpaired) electrons. The number of aromatic nitrogens is 3. The van der Waals surface area contributed by atoms with Gasteiger partial charge in [0.1, 0.15) is 23.4 Å². The normalized spacial score (nSPS) is 10.2. The first-order valence-corrected chi connectivity index (χ1v) is 6.70. The predicted molar refractivity (Wildman–Crippen MR) is 80.4 cm³/mol. The van der Waals surface area contributed by atoms with Crippen molar-refractivity contribution in [3.8, 4) is 28.6 Å². The zero-order valence-corrected chi connectivity index (χ0v) is 11.9. The molecule has 0 saturated heterocycles. The van der Waals surface area contributed by atoms with Crippen LogP contribution < -0.4 is 0 Å². The highest BCUT2D eigenvalue weighted by Gasteiger charge is 2.15. The van der Waals surface area contributed by atoms with Crippen molar-refractivity contribution < 1.29 is 4.39 Å². The van der Waals surface area contributed by atoms with Gasteiger partial charge in [-0.2, -0.15) is 5.26 Å². The molecule has 6 heteroatoms. The number of benzene rings is 1. The summed E-state index contributed by atoms with van der Waals surface area (Å²) in [6, 6.07) is 11.3.